The van der Waals surface area contributed by atoms with E-state index in [2.05, 4.69) is 15.5 Å². The minimum absolute atomic E-state index is 0. The molecule has 1 fully saturated rings. The van der Waals surface area contributed by atoms with Crippen molar-refractivity contribution in [2.75, 3.05) is 33.2 Å². The third-order valence-corrected chi connectivity index (χ3v) is 4.30. The Labute approximate surface area is 131 Å². The van der Waals surface area contributed by atoms with Gasteiger partial charge in [0.15, 0.2) is 0 Å². The van der Waals surface area contributed by atoms with Gasteiger partial charge in [-0.25, -0.2) is 0 Å². The van der Waals surface area contributed by atoms with Gasteiger partial charge in [-0.05, 0) is 50.3 Å². The maximum absolute atomic E-state index is 11.8. The van der Waals surface area contributed by atoms with Gasteiger partial charge in [-0.2, -0.15) is 0 Å². The van der Waals surface area contributed by atoms with Gasteiger partial charge in [0.25, 0.3) is 0 Å². The first kappa shape index (κ1) is 17.4. The molecule has 1 atom stereocenters. The van der Waals surface area contributed by atoms with E-state index in [1.54, 1.807) is 11.3 Å². The van der Waals surface area contributed by atoms with E-state index in [9.17, 15) is 4.79 Å². The summed E-state index contributed by atoms with van der Waals surface area (Å²) >= 11 is 1.68. The van der Waals surface area contributed by atoms with Crippen LogP contribution in [0.1, 0.15) is 17.7 Å². The normalized spacial score (nSPS) is 18.6. The Bertz CT molecular complexity index is 380. The highest BCUT2D eigenvalue weighted by Gasteiger charge is 2.16. The number of carbonyl (C=O) groups excluding carboxylic acids is 1. The van der Waals surface area contributed by atoms with Crippen molar-refractivity contribution in [3.63, 3.8) is 0 Å². The summed E-state index contributed by atoms with van der Waals surface area (Å²) in [4.78, 5) is 15.2. The number of rotatable bonds is 6. The molecular formula is C14H24ClN3OS. The molecule has 114 valence electrons. The molecule has 0 spiro atoms. The lowest BCUT2D eigenvalue weighted by Crippen LogP contribution is -2.40. The van der Waals surface area contributed by atoms with E-state index in [0.717, 1.165) is 19.6 Å². The fourth-order valence-corrected chi connectivity index (χ4v) is 3.13. The Hall–Kier alpha value is -0.620. The van der Waals surface area contributed by atoms with Crippen molar-refractivity contribution >= 4 is 29.7 Å². The van der Waals surface area contributed by atoms with Gasteiger partial charge in [0.1, 0.15) is 0 Å². The molecule has 1 saturated heterocycles. The fraction of sp³-hybridized carbons (Fsp3) is 0.643. The van der Waals surface area contributed by atoms with Crippen molar-refractivity contribution in [3.05, 3.63) is 22.4 Å². The van der Waals surface area contributed by atoms with Crippen molar-refractivity contribution in [2.45, 2.75) is 19.4 Å². The number of likely N-dealkylation sites (N-methyl/N-ethyl adjacent to an activating group) is 1. The number of halogens is 1. The summed E-state index contributed by atoms with van der Waals surface area (Å²) in [5.41, 5.74) is 0. The first-order chi connectivity index (χ1) is 9.24. The minimum Gasteiger partial charge on any atom is -0.350 e. The molecule has 2 rings (SSSR count). The Morgan fingerprint density at radius 3 is 3.10 bits per heavy atom. The van der Waals surface area contributed by atoms with Gasteiger partial charge in [0.2, 0.25) is 5.91 Å². The second kappa shape index (κ2) is 9.34. The van der Waals surface area contributed by atoms with Gasteiger partial charge in [0.05, 0.1) is 13.1 Å². The van der Waals surface area contributed by atoms with Gasteiger partial charge in [-0.15, -0.1) is 23.7 Å². The Kier molecular flexibility index (Phi) is 8.14. The molecule has 1 aromatic heterocycles. The number of nitrogens with zero attached hydrogens (tertiary/aromatic N) is 1. The van der Waals surface area contributed by atoms with Crippen LogP contribution in [0.3, 0.4) is 0 Å². The number of hydrogen-bond donors (Lipinski definition) is 2. The summed E-state index contributed by atoms with van der Waals surface area (Å²) in [7, 11) is 2.03. The highest BCUT2D eigenvalue weighted by molar-refractivity contribution is 7.09. The summed E-state index contributed by atoms with van der Waals surface area (Å²) in [6, 6.07) is 4.05. The molecule has 0 saturated carbocycles. The summed E-state index contributed by atoms with van der Waals surface area (Å²) < 4.78 is 0. The average molecular weight is 318 g/mol. The maximum atomic E-state index is 11.8. The standard InChI is InChI=1S/C14H23N3OS.ClH/c1-17(10-12-4-2-6-15-8-12)11-14(18)16-9-13-5-3-7-19-13;/h3,5,7,12,15H,2,4,6,8-11H2,1H3,(H,16,18);1H. The van der Waals surface area contributed by atoms with E-state index in [-0.39, 0.29) is 18.3 Å². The number of piperidine rings is 1. The molecule has 2 N–H and O–H groups in total. The molecule has 20 heavy (non-hydrogen) atoms. The van der Waals surface area contributed by atoms with Crippen LogP contribution >= 0.6 is 23.7 Å². The largest absolute Gasteiger partial charge is 0.350 e. The van der Waals surface area contributed by atoms with Gasteiger partial charge >= 0.3 is 0 Å². The number of hydrogen-bond acceptors (Lipinski definition) is 4. The molecule has 1 aliphatic heterocycles. The number of amides is 1. The van der Waals surface area contributed by atoms with Crippen molar-refractivity contribution in [1.82, 2.24) is 15.5 Å². The van der Waals surface area contributed by atoms with E-state index >= 15 is 0 Å². The third kappa shape index (κ3) is 6.22. The van der Waals surface area contributed by atoms with E-state index < -0.39 is 0 Å². The summed E-state index contributed by atoms with van der Waals surface area (Å²) in [5, 5.41) is 8.41. The van der Waals surface area contributed by atoms with E-state index in [1.165, 1.54) is 17.7 Å². The van der Waals surface area contributed by atoms with Crippen LogP contribution in [0.2, 0.25) is 0 Å². The predicted octanol–water partition coefficient (Wildman–Crippen LogP) is 1.72. The highest BCUT2D eigenvalue weighted by atomic mass is 35.5. The molecule has 1 amide bonds. The fourth-order valence-electron chi connectivity index (χ4n) is 2.49. The molecule has 4 nitrogen and oxygen atoms in total. The zero-order valence-corrected chi connectivity index (χ0v) is 13.6. The zero-order valence-electron chi connectivity index (χ0n) is 11.9. The molecule has 1 aromatic rings. The molecule has 0 aliphatic carbocycles. The van der Waals surface area contributed by atoms with Crippen molar-refractivity contribution in [3.8, 4) is 0 Å². The van der Waals surface area contributed by atoms with E-state index in [1.807, 2.05) is 24.6 Å². The third-order valence-electron chi connectivity index (χ3n) is 3.42. The highest BCUT2D eigenvalue weighted by Crippen LogP contribution is 2.11. The minimum atomic E-state index is 0. The first-order valence-corrected chi connectivity index (χ1v) is 7.80. The summed E-state index contributed by atoms with van der Waals surface area (Å²) in [6.45, 7) is 4.36. The lowest BCUT2D eigenvalue weighted by molar-refractivity contribution is -0.122. The molecule has 0 aromatic carbocycles. The van der Waals surface area contributed by atoms with Crippen molar-refractivity contribution < 1.29 is 4.79 Å². The van der Waals surface area contributed by atoms with Crippen LogP contribution in [0.5, 0.6) is 0 Å². The molecule has 1 unspecified atom stereocenters. The summed E-state index contributed by atoms with van der Waals surface area (Å²) in [6.07, 6.45) is 2.53. The molecule has 2 heterocycles. The van der Waals surface area contributed by atoms with Crippen LogP contribution in [0.4, 0.5) is 0 Å². The lowest BCUT2D eigenvalue weighted by atomic mass is 9.99. The van der Waals surface area contributed by atoms with Crippen LogP contribution in [-0.4, -0.2) is 44.0 Å². The average Bonchev–Trinajstić information content (AvgIpc) is 2.90. The molecule has 6 heteroatoms. The van der Waals surface area contributed by atoms with Gasteiger partial charge in [-0.1, -0.05) is 6.07 Å². The van der Waals surface area contributed by atoms with Crippen LogP contribution in [0, 0.1) is 5.92 Å². The molecular weight excluding hydrogens is 294 g/mol. The van der Waals surface area contributed by atoms with Gasteiger partial charge < -0.3 is 10.6 Å². The lowest BCUT2D eigenvalue weighted by Gasteiger charge is -2.27. The van der Waals surface area contributed by atoms with Crippen molar-refractivity contribution in [2.24, 2.45) is 5.92 Å². The monoisotopic (exact) mass is 317 g/mol. The second-order valence-corrected chi connectivity index (χ2v) is 6.30. The SMILES string of the molecule is CN(CC(=O)NCc1cccs1)CC1CCCNC1.Cl. The number of thiophene rings is 1. The number of nitrogens with one attached hydrogen (secondary N) is 2. The van der Waals surface area contributed by atoms with Crippen LogP contribution in [-0.2, 0) is 11.3 Å². The molecule has 0 bridgehead atoms. The topological polar surface area (TPSA) is 44.4 Å². The van der Waals surface area contributed by atoms with Crippen LogP contribution in [0.15, 0.2) is 17.5 Å². The van der Waals surface area contributed by atoms with Gasteiger partial charge in [-0.3, -0.25) is 9.69 Å². The second-order valence-electron chi connectivity index (χ2n) is 5.27. The van der Waals surface area contributed by atoms with E-state index in [4.69, 9.17) is 0 Å². The van der Waals surface area contributed by atoms with Crippen LogP contribution in [0.25, 0.3) is 0 Å². The van der Waals surface area contributed by atoms with Gasteiger partial charge in [0, 0.05) is 11.4 Å². The Morgan fingerprint density at radius 1 is 1.60 bits per heavy atom. The molecule has 0 radical (unpaired) electrons. The van der Waals surface area contributed by atoms with Crippen LogP contribution < -0.4 is 10.6 Å². The number of carbonyl (C=O) groups is 1. The zero-order chi connectivity index (χ0) is 13.5. The Morgan fingerprint density at radius 2 is 2.45 bits per heavy atom. The predicted molar refractivity (Wildman–Crippen MR) is 86.5 cm³/mol. The smallest absolute Gasteiger partial charge is 0.234 e. The van der Waals surface area contributed by atoms with E-state index in [0.29, 0.717) is 19.0 Å². The molecule has 1 aliphatic rings. The summed E-state index contributed by atoms with van der Waals surface area (Å²) in [5.74, 6) is 0.795. The first-order valence-electron chi connectivity index (χ1n) is 6.92. The van der Waals surface area contributed by atoms with Crippen molar-refractivity contribution in [1.29, 1.82) is 0 Å². The Balaban J connectivity index is 0.00000200. The quantitative estimate of drug-likeness (QED) is 0.839. The maximum Gasteiger partial charge on any atom is 0.234 e.